The van der Waals surface area contributed by atoms with Crippen molar-refractivity contribution in [2.45, 2.75) is 5.41 Å². The normalized spacial score (nSPS) is 12.7. The molecule has 2 aliphatic carbocycles. The van der Waals surface area contributed by atoms with E-state index in [1.807, 2.05) is 12.1 Å². The van der Waals surface area contributed by atoms with Gasteiger partial charge in [0.15, 0.2) is 17.5 Å². The number of benzene rings is 10. The Bertz CT molecular complexity index is 3500. The Morgan fingerprint density at radius 1 is 0.231 bits per heavy atom. The maximum Gasteiger partial charge on any atom is 0.164 e. The quantitative estimate of drug-likeness (QED) is 0.168. The van der Waals surface area contributed by atoms with Gasteiger partial charge in [-0.25, -0.2) is 15.0 Å². The van der Waals surface area contributed by atoms with E-state index in [1.165, 1.54) is 55.6 Å². The summed E-state index contributed by atoms with van der Waals surface area (Å²) in [5, 5.41) is 2.23. The molecule has 13 rings (SSSR count). The second kappa shape index (κ2) is 14.8. The SMILES string of the molecule is c1ccc(-c2cccc(-c3nc(-c4cccc(-c5ccccc5)c4)nc(-c4ccc(-c5cccc6c5C5(c7ccccc7-c7ccccc75)c5ccccc5-6)c5ccccc45)n3)c2)cc1. The van der Waals surface area contributed by atoms with Crippen molar-refractivity contribution in [1.82, 2.24) is 15.0 Å². The van der Waals surface area contributed by atoms with Crippen molar-refractivity contribution in [3.63, 3.8) is 0 Å². The molecule has 302 valence electrons. The zero-order chi connectivity index (χ0) is 42.9. The highest BCUT2D eigenvalue weighted by Gasteiger charge is 2.52. The molecule has 0 fully saturated rings. The van der Waals surface area contributed by atoms with Crippen molar-refractivity contribution >= 4 is 10.8 Å². The van der Waals surface area contributed by atoms with Gasteiger partial charge in [-0.05, 0) is 107 Å². The van der Waals surface area contributed by atoms with Gasteiger partial charge in [-0.2, -0.15) is 0 Å². The third-order valence-corrected chi connectivity index (χ3v) is 13.6. The van der Waals surface area contributed by atoms with E-state index in [0.717, 1.165) is 49.7 Å². The van der Waals surface area contributed by atoms with Gasteiger partial charge in [0.25, 0.3) is 0 Å². The Morgan fingerprint density at radius 3 is 1.12 bits per heavy atom. The van der Waals surface area contributed by atoms with E-state index in [1.54, 1.807) is 0 Å². The molecule has 0 amide bonds. The fraction of sp³-hybridized carbons (Fsp3) is 0.0161. The third-order valence-electron chi connectivity index (χ3n) is 13.6. The van der Waals surface area contributed by atoms with E-state index in [2.05, 4.69) is 224 Å². The van der Waals surface area contributed by atoms with E-state index >= 15 is 0 Å². The summed E-state index contributed by atoms with van der Waals surface area (Å²) in [4.78, 5) is 15.9. The zero-order valence-corrected chi connectivity index (χ0v) is 35.4. The summed E-state index contributed by atoms with van der Waals surface area (Å²) in [6.45, 7) is 0. The fourth-order valence-electron chi connectivity index (χ4n) is 10.8. The Morgan fingerprint density at radius 2 is 0.585 bits per heavy atom. The van der Waals surface area contributed by atoms with Crippen LogP contribution >= 0.6 is 0 Å². The minimum atomic E-state index is -0.476. The molecular weight excluding hydrogens is 787 g/mol. The molecule has 1 aromatic heterocycles. The van der Waals surface area contributed by atoms with E-state index in [0.29, 0.717) is 17.5 Å². The second-order valence-electron chi connectivity index (χ2n) is 17.0. The third kappa shape index (κ3) is 5.72. The van der Waals surface area contributed by atoms with Gasteiger partial charge in [0, 0.05) is 16.7 Å². The molecular formula is C62H39N3. The summed E-state index contributed by atoms with van der Waals surface area (Å²) >= 11 is 0. The first-order valence-corrected chi connectivity index (χ1v) is 22.3. The lowest BCUT2D eigenvalue weighted by atomic mass is 9.68. The van der Waals surface area contributed by atoms with E-state index in [9.17, 15) is 0 Å². The molecule has 3 nitrogen and oxygen atoms in total. The number of aromatic nitrogens is 3. The molecule has 3 heteroatoms. The second-order valence-corrected chi connectivity index (χ2v) is 17.0. The molecule has 1 spiro atoms. The van der Waals surface area contributed by atoms with Crippen LogP contribution in [-0.2, 0) is 5.41 Å². The molecule has 0 saturated heterocycles. The Labute approximate surface area is 378 Å². The largest absolute Gasteiger partial charge is 0.208 e. The highest BCUT2D eigenvalue weighted by molar-refractivity contribution is 6.07. The lowest BCUT2D eigenvalue weighted by Gasteiger charge is -2.32. The number of rotatable bonds is 6. The summed E-state index contributed by atoms with van der Waals surface area (Å²) in [6, 6.07) is 85.2. The van der Waals surface area contributed by atoms with Crippen LogP contribution in [0.1, 0.15) is 22.3 Å². The summed E-state index contributed by atoms with van der Waals surface area (Å²) < 4.78 is 0. The van der Waals surface area contributed by atoms with Gasteiger partial charge in [-0.1, -0.05) is 218 Å². The standard InChI is InChI=1S/C62H39N3/c1-3-18-40(19-4-1)42-22-15-24-44(38-42)59-63-60(45-25-16-23-43(39-45)41-20-5-2-6-21-41)65-61(64-59)54-37-36-48(46-26-7-8-27-47(46)54)52-31-17-32-53-51-30-11-14-35-57(51)62(58(52)53)55-33-12-9-28-49(55)50-29-10-13-34-56(50)62/h1-39H. The van der Waals surface area contributed by atoms with Crippen LogP contribution in [0.15, 0.2) is 237 Å². The average Bonchev–Trinajstić information content (AvgIpc) is 3.86. The van der Waals surface area contributed by atoms with Gasteiger partial charge in [-0.3, -0.25) is 0 Å². The van der Waals surface area contributed by atoms with Gasteiger partial charge in [0.05, 0.1) is 5.41 Å². The average molecular weight is 826 g/mol. The molecule has 0 radical (unpaired) electrons. The van der Waals surface area contributed by atoms with Gasteiger partial charge in [-0.15, -0.1) is 0 Å². The van der Waals surface area contributed by atoms with E-state index < -0.39 is 5.41 Å². The number of nitrogens with zero attached hydrogens (tertiary/aromatic N) is 3. The highest BCUT2D eigenvalue weighted by atomic mass is 15.0. The van der Waals surface area contributed by atoms with Crippen molar-refractivity contribution in [2.24, 2.45) is 0 Å². The van der Waals surface area contributed by atoms with Gasteiger partial charge >= 0.3 is 0 Å². The summed E-state index contributed by atoms with van der Waals surface area (Å²) in [7, 11) is 0. The van der Waals surface area contributed by atoms with Crippen LogP contribution in [0.3, 0.4) is 0 Å². The van der Waals surface area contributed by atoms with Crippen molar-refractivity contribution in [3.8, 4) is 89.8 Å². The van der Waals surface area contributed by atoms with Crippen LogP contribution < -0.4 is 0 Å². The predicted octanol–water partition coefficient (Wildman–Crippen LogP) is 15.4. The summed E-state index contributed by atoms with van der Waals surface area (Å²) in [5.74, 6) is 1.88. The van der Waals surface area contributed by atoms with Crippen molar-refractivity contribution in [2.75, 3.05) is 0 Å². The zero-order valence-electron chi connectivity index (χ0n) is 35.4. The van der Waals surface area contributed by atoms with E-state index in [-0.39, 0.29) is 0 Å². The molecule has 10 aromatic carbocycles. The maximum absolute atomic E-state index is 5.34. The first-order valence-electron chi connectivity index (χ1n) is 22.3. The Hall–Kier alpha value is -8.53. The minimum Gasteiger partial charge on any atom is -0.208 e. The minimum absolute atomic E-state index is 0.476. The Kier molecular flexibility index (Phi) is 8.44. The summed E-state index contributed by atoms with van der Waals surface area (Å²) in [6.07, 6.45) is 0. The van der Waals surface area contributed by atoms with Gasteiger partial charge < -0.3 is 0 Å². The van der Waals surface area contributed by atoms with Crippen molar-refractivity contribution < 1.29 is 0 Å². The van der Waals surface area contributed by atoms with Crippen LogP contribution in [0.5, 0.6) is 0 Å². The molecule has 0 saturated carbocycles. The van der Waals surface area contributed by atoms with Crippen LogP contribution in [0.4, 0.5) is 0 Å². The van der Waals surface area contributed by atoms with Crippen molar-refractivity contribution in [3.05, 3.63) is 259 Å². The topological polar surface area (TPSA) is 38.7 Å². The molecule has 2 aliphatic rings. The van der Waals surface area contributed by atoms with Crippen molar-refractivity contribution in [1.29, 1.82) is 0 Å². The van der Waals surface area contributed by atoms with Crippen LogP contribution in [0.25, 0.3) is 101 Å². The van der Waals surface area contributed by atoms with Gasteiger partial charge in [0.2, 0.25) is 0 Å². The highest BCUT2D eigenvalue weighted by Crippen LogP contribution is 2.64. The Balaban J connectivity index is 1.03. The molecule has 0 bridgehead atoms. The summed E-state index contributed by atoms with van der Waals surface area (Å²) in [5.41, 5.74) is 19.7. The maximum atomic E-state index is 5.34. The van der Waals surface area contributed by atoms with Crippen LogP contribution in [0.2, 0.25) is 0 Å². The first-order chi connectivity index (χ1) is 32.2. The first kappa shape index (κ1) is 37.1. The van der Waals surface area contributed by atoms with Gasteiger partial charge in [0.1, 0.15) is 0 Å². The molecule has 0 N–H and O–H groups in total. The monoisotopic (exact) mass is 825 g/mol. The number of fused-ring (bicyclic) bond motifs is 11. The molecule has 0 unspecified atom stereocenters. The lowest BCUT2D eigenvalue weighted by molar-refractivity contribution is 0.796. The fourth-order valence-corrected chi connectivity index (χ4v) is 10.8. The smallest absolute Gasteiger partial charge is 0.164 e. The molecule has 65 heavy (non-hydrogen) atoms. The molecule has 0 aliphatic heterocycles. The molecule has 1 heterocycles. The van der Waals surface area contributed by atoms with Crippen LogP contribution in [-0.4, -0.2) is 15.0 Å². The number of hydrogen-bond acceptors (Lipinski definition) is 3. The van der Waals surface area contributed by atoms with E-state index in [4.69, 9.17) is 15.0 Å². The lowest BCUT2D eigenvalue weighted by Crippen LogP contribution is -2.26. The predicted molar refractivity (Wildman–Crippen MR) is 266 cm³/mol. The number of hydrogen-bond donors (Lipinski definition) is 0. The van der Waals surface area contributed by atoms with Crippen LogP contribution in [0, 0.1) is 0 Å². The molecule has 11 aromatic rings. The molecule has 0 atom stereocenters.